The lowest BCUT2D eigenvalue weighted by atomic mass is 9.74. The molecule has 2 aromatic rings. The molecule has 0 saturated carbocycles. The van der Waals surface area contributed by atoms with Crippen LogP contribution in [-0.2, 0) is 11.3 Å². The average molecular weight is 424 g/mol. The Morgan fingerprint density at radius 3 is 2.48 bits per heavy atom. The molecular formula is C24H29N3O4. The van der Waals surface area contributed by atoms with Crippen molar-refractivity contribution in [1.82, 2.24) is 15.1 Å². The highest BCUT2D eigenvalue weighted by atomic mass is 16.3. The molecule has 1 atom stereocenters. The van der Waals surface area contributed by atoms with Gasteiger partial charge in [-0.15, -0.1) is 0 Å². The highest BCUT2D eigenvalue weighted by Crippen LogP contribution is 2.37. The number of imide groups is 1. The fraction of sp³-hybridized carbons (Fsp3) is 0.458. The third kappa shape index (κ3) is 3.96. The molecule has 0 radical (unpaired) electrons. The van der Waals surface area contributed by atoms with E-state index in [1.54, 1.807) is 12.1 Å². The van der Waals surface area contributed by atoms with Crippen LogP contribution in [0.2, 0.25) is 0 Å². The van der Waals surface area contributed by atoms with Gasteiger partial charge in [0.15, 0.2) is 0 Å². The van der Waals surface area contributed by atoms with E-state index in [1.165, 1.54) is 11.2 Å². The predicted molar refractivity (Wildman–Crippen MR) is 115 cm³/mol. The van der Waals surface area contributed by atoms with Gasteiger partial charge in [-0.2, -0.15) is 0 Å². The quantitative estimate of drug-likeness (QED) is 0.718. The van der Waals surface area contributed by atoms with Crippen LogP contribution in [-0.4, -0.2) is 46.3 Å². The van der Waals surface area contributed by atoms with Crippen molar-refractivity contribution in [3.05, 3.63) is 59.5 Å². The maximum absolute atomic E-state index is 13.4. The summed E-state index contributed by atoms with van der Waals surface area (Å²) < 4.78 is 5.34. The Bertz CT molecular complexity index is 946. The molecule has 3 heterocycles. The zero-order valence-electron chi connectivity index (χ0n) is 18.1. The van der Waals surface area contributed by atoms with Gasteiger partial charge in [0.1, 0.15) is 11.3 Å². The van der Waals surface area contributed by atoms with Crippen molar-refractivity contribution in [3.63, 3.8) is 0 Å². The van der Waals surface area contributed by atoms with Gasteiger partial charge in [-0.3, -0.25) is 14.5 Å². The molecule has 0 bridgehead atoms. The Kier molecular flexibility index (Phi) is 5.85. The first-order chi connectivity index (χ1) is 14.9. The monoisotopic (exact) mass is 423 g/mol. The number of rotatable bonds is 6. The van der Waals surface area contributed by atoms with Crippen molar-refractivity contribution in [2.45, 2.75) is 51.6 Å². The Balaban J connectivity index is 1.47. The van der Waals surface area contributed by atoms with Gasteiger partial charge in [-0.1, -0.05) is 31.0 Å². The summed E-state index contributed by atoms with van der Waals surface area (Å²) in [7, 11) is 0. The largest absolute Gasteiger partial charge is 0.467 e. The van der Waals surface area contributed by atoms with Gasteiger partial charge in [-0.25, -0.2) is 4.79 Å². The summed E-state index contributed by atoms with van der Waals surface area (Å²) in [6.07, 6.45) is 4.26. The molecule has 7 heteroatoms. The lowest BCUT2D eigenvalue weighted by Gasteiger charge is -2.41. The molecule has 31 heavy (non-hydrogen) atoms. The van der Waals surface area contributed by atoms with E-state index in [0.29, 0.717) is 43.7 Å². The molecular weight excluding hydrogens is 394 g/mol. The molecule has 4 amide bonds. The molecule has 4 rings (SSSR count). The van der Waals surface area contributed by atoms with Gasteiger partial charge in [0, 0.05) is 18.7 Å². The molecule has 0 aliphatic carbocycles. The highest BCUT2D eigenvalue weighted by molar-refractivity contribution is 6.07. The number of urea groups is 1. The minimum Gasteiger partial charge on any atom is -0.467 e. The number of hydrogen-bond acceptors (Lipinski definition) is 4. The molecule has 2 aliphatic rings. The lowest BCUT2D eigenvalue weighted by molar-refractivity contribution is -0.134. The van der Waals surface area contributed by atoms with Crippen molar-refractivity contribution in [1.29, 1.82) is 0 Å². The maximum atomic E-state index is 13.4. The van der Waals surface area contributed by atoms with E-state index >= 15 is 0 Å². The summed E-state index contributed by atoms with van der Waals surface area (Å²) in [6, 6.07) is 10.7. The zero-order valence-corrected chi connectivity index (χ0v) is 18.1. The number of nitrogens with zero attached hydrogens (tertiary/aromatic N) is 2. The second kappa shape index (κ2) is 8.57. The second-order valence-corrected chi connectivity index (χ2v) is 8.55. The standard InChI is InChI=1S/C24H29N3O4/c1-3-12-24(22(29)27(23(30)25-24)16-20-5-4-15-31-20)19-10-13-26(14-11-19)21(28)18-8-6-17(2)7-9-18/h4-9,15,19H,3,10-14,16H2,1-2H3,(H,25,30)/t24-/m0/s1. The molecule has 2 aliphatic heterocycles. The van der Waals surface area contributed by atoms with Crippen LogP contribution < -0.4 is 5.32 Å². The number of carbonyl (C=O) groups excluding carboxylic acids is 3. The molecule has 2 fully saturated rings. The van der Waals surface area contributed by atoms with Crippen LogP contribution in [0.3, 0.4) is 0 Å². The first-order valence-electron chi connectivity index (χ1n) is 11.0. The number of carbonyl (C=O) groups is 3. The molecule has 164 valence electrons. The zero-order chi connectivity index (χ0) is 22.0. The fourth-order valence-electron chi connectivity index (χ4n) is 4.85. The van der Waals surface area contributed by atoms with Crippen molar-refractivity contribution >= 4 is 17.8 Å². The summed E-state index contributed by atoms with van der Waals surface area (Å²) in [5.74, 6) is 0.408. The SMILES string of the molecule is CCC[C@@]1(C2CCN(C(=O)c3ccc(C)cc3)CC2)NC(=O)N(Cc2ccco2)C1=O. The van der Waals surface area contributed by atoms with Gasteiger partial charge in [0.2, 0.25) is 0 Å². The Morgan fingerprint density at radius 2 is 1.87 bits per heavy atom. The summed E-state index contributed by atoms with van der Waals surface area (Å²) in [6.45, 7) is 5.30. The summed E-state index contributed by atoms with van der Waals surface area (Å²) in [5, 5.41) is 3.02. The number of amides is 4. The van der Waals surface area contributed by atoms with Crippen molar-refractivity contribution in [2.75, 3.05) is 13.1 Å². The van der Waals surface area contributed by atoms with Gasteiger partial charge < -0.3 is 14.6 Å². The van der Waals surface area contributed by atoms with E-state index < -0.39 is 5.54 Å². The van der Waals surface area contributed by atoms with Crippen LogP contribution in [0.1, 0.15) is 54.3 Å². The third-order valence-corrected chi connectivity index (χ3v) is 6.52. The van der Waals surface area contributed by atoms with E-state index in [1.807, 2.05) is 43.0 Å². The smallest absolute Gasteiger partial charge is 0.325 e. The summed E-state index contributed by atoms with van der Waals surface area (Å²) in [4.78, 5) is 42.1. The predicted octanol–water partition coefficient (Wildman–Crippen LogP) is 3.73. The first kappa shape index (κ1) is 21.2. The van der Waals surface area contributed by atoms with Crippen LogP contribution in [0.25, 0.3) is 0 Å². The second-order valence-electron chi connectivity index (χ2n) is 8.55. The number of furan rings is 1. The lowest BCUT2D eigenvalue weighted by Crippen LogP contribution is -2.56. The van der Waals surface area contributed by atoms with Crippen LogP contribution >= 0.6 is 0 Å². The molecule has 0 spiro atoms. The number of hydrogen-bond donors (Lipinski definition) is 1. The van der Waals surface area contributed by atoms with E-state index in [4.69, 9.17) is 4.42 Å². The van der Waals surface area contributed by atoms with E-state index in [-0.39, 0.29) is 30.3 Å². The Labute approximate surface area is 182 Å². The van der Waals surface area contributed by atoms with E-state index in [0.717, 1.165) is 12.0 Å². The summed E-state index contributed by atoms with van der Waals surface area (Å²) in [5.41, 5.74) is 0.894. The van der Waals surface area contributed by atoms with E-state index in [2.05, 4.69) is 5.32 Å². The van der Waals surface area contributed by atoms with E-state index in [9.17, 15) is 14.4 Å². The molecule has 2 saturated heterocycles. The summed E-state index contributed by atoms with van der Waals surface area (Å²) >= 11 is 0. The number of piperidine rings is 1. The van der Waals surface area contributed by atoms with Crippen LogP contribution in [0, 0.1) is 12.8 Å². The van der Waals surface area contributed by atoms with Gasteiger partial charge >= 0.3 is 6.03 Å². The topological polar surface area (TPSA) is 82.9 Å². The number of likely N-dealkylation sites (tertiary alicyclic amines) is 1. The van der Waals surface area contributed by atoms with Crippen LogP contribution in [0.4, 0.5) is 4.79 Å². The average Bonchev–Trinajstić information content (AvgIpc) is 3.37. The number of nitrogens with one attached hydrogen (secondary N) is 1. The normalized spacial score (nSPS) is 22.1. The van der Waals surface area contributed by atoms with Crippen LogP contribution in [0.15, 0.2) is 47.1 Å². The Morgan fingerprint density at radius 1 is 1.16 bits per heavy atom. The fourth-order valence-corrected chi connectivity index (χ4v) is 4.85. The molecule has 0 unspecified atom stereocenters. The van der Waals surface area contributed by atoms with Gasteiger partial charge in [-0.05, 0) is 56.4 Å². The number of benzene rings is 1. The van der Waals surface area contributed by atoms with Gasteiger partial charge in [0.05, 0.1) is 12.8 Å². The number of aryl methyl sites for hydroxylation is 1. The third-order valence-electron chi connectivity index (χ3n) is 6.52. The van der Waals surface area contributed by atoms with Crippen molar-refractivity contribution < 1.29 is 18.8 Å². The molecule has 1 aromatic carbocycles. The van der Waals surface area contributed by atoms with Crippen molar-refractivity contribution in [3.8, 4) is 0 Å². The maximum Gasteiger partial charge on any atom is 0.325 e. The molecule has 1 aromatic heterocycles. The first-order valence-corrected chi connectivity index (χ1v) is 11.0. The van der Waals surface area contributed by atoms with Crippen LogP contribution in [0.5, 0.6) is 0 Å². The molecule has 1 N–H and O–H groups in total. The van der Waals surface area contributed by atoms with Crippen molar-refractivity contribution in [2.24, 2.45) is 5.92 Å². The Hall–Kier alpha value is -3.09. The minimum absolute atomic E-state index is 0.00688. The minimum atomic E-state index is -0.905. The highest BCUT2D eigenvalue weighted by Gasteiger charge is 2.55. The molecule has 7 nitrogen and oxygen atoms in total. The van der Waals surface area contributed by atoms with Gasteiger partial charge in [0.25, 0.3) is 11.8 Å².